The summed E-state index contributed by atoms with van der Waals surface area (Å²) in [5.74, 6) is -3.23. The molecule has 0 radical (unpaired) electrons. The number of nitrogens with one attached hydrogen (secondary N) is 3. The molecule has 2 aromatic rings. The van der Waals surface area contributed by atoms with Gasteiger partial charge in [0.2, 0.25) is 29.0 Å². The van der Waals surface area contributed by atoms with E-state index in [4.69, 9.17) is 4.42 Å². The summed E-state index contributed by atoms with van der Waals surface area (Å²) in [5.41, 5.74) is 4.86. The molecule has 0 saturated carbocycles. The Kier molecular flexibility index (Phi) is 32.8. The number of benzene rings is 3. The Morgan fingerprint density at radius 1 is 0.639 bits per heavy atom. The molecule has 1 saturated heterocycles. The van der Waals surface area contributed by atoms with E-state index in [1.54, 1.807) is 15.9 Å². The number of carbonyl (C=O) groups excluding carboxylic acids is 8. The fourth-order valence-corrected chi connectivity index (χ4v) is 14.0. The van der Waals surface area contributed by atoms with Gasteiger partial charge in [-0.15, -0.1) is 0 Å². The van der Waals surface area contributed by atoms with E-state index < -0.39 is 55.5 Å². The summed E-state index contributed by atoms with van der Waals surface area (Å²) in [6, 6.07) is 17.7. The van der Waals surface area contributed by atoms with Crippen LogP contribution in [0.2, 0.25) is 0 Å². The van der Waals surface area contributed by atoms with E-state index in [0.717, 1.165) is 71.0 Å². The van der Waals surface area contributed by atoms with E-state index in [-0.39, 0.29) is 110 Å². The third-order valence-corrected chi connectivity index (χ3v) is 19.2. The van der Waals surface area contributed by atoms with Crippen molar-refractivity contribution in [1.29, 1.82) is 0 Å². The van der Waals surface area contributed by atoms with Gasteiger partial charge in [0, 0.05) is 148 Å². The van der Waals surface area contributed by atoms with Crippen molar-refractivity contribution in [3.8, 4) is 22.5 Å². The Balaban J connectivity index is 1.02. The van der Waals surface area contributed by atoms with Crippen molar-refractivity contribution in [3.63, 3.8) is 0 Å². The lowest BCUT2D eigenvalue weighted by atomic mass is 9.87. The van der Waals surface area contributed by atoms with Gasteiger partial charge in [0.1, 0.15) is 47.8 Å². The van der Waals surface area contributed by atoms with Crippen molar-refractivity contribution in [3.05, 3.63) is 83.1 Å². The number of allylic oxidation sites excluding steroid dienone is 1. The second kappa shape index (κ2) is 39.5. The van der Waals surface area contributed by atoms with Crippen LogP contribution in [-0.2, 0) is 53.5 Å². The van der Waals surface area contributed by atoms with E-state index in [1.165, 1.54) is 0 Å². The van der Waals surface area contributed by atoms with E-state index in [2.05, 4.69) is 89.5 Å². The average molecular weight is 1390 g/mol. The van der Waals surface area contributed by atoms with Crippen LogP contribution in [-0.4, -0.2) is 161 Å². The lowest BCUT2D eigenvalue weighted by Gasteiger charge is -2.35. The molecule has 97 heavy (non-hydrogen) atoms. The Morgan fingerprint density at radius 2 is 1.25 bits per heavy atom. The highest BCUT2D eigenvalue weighted by molar-refractivity contribution is 7.93. The van der Waals surface area contributed by atoms with Crippen LogP contribution in [0, 0.1) is 29.6 Å². The highest BCUT2D eigenvalue weighted by Crippen LogP contribution is 2.42. The van der Waals surface area contributed by atoms with Crippen molar-refractivity contribution in [2.75, 3.05) is 75.8 Å². The summed E-state index contributed by atoms with van der Waals surface area (Å²) in [4.78, 5) is 113. The predicted octanol–water partition coefficient (Wildman–Crippen LogP) is 10.2. The van der Waals surface area contributed by atoms with E-state index in [1.807, 2.05) is 65.8 Å². The first-order valence-corrected chi connectivity index (χ1v) is 38.8. The number of ketones is 3. The zero-order chi connectivity index (χ0) is 71.6. The van der Waals surface area contributed by atoms with Gasteiger partial charge in [0.25, 0.3) is 16.0 Å². The summed E-state index contributed by atoms with van der Waals surface area (Å²) in [5, 5.41) is 11.0. The molecule has 1 fully saturated rings. The summed E-state index contributed by atoms with van der Waals surface area (Å²) in [7, 11) is -8.08. The van der Waals surface area contributed by atoms with E-state index in [0.29, 0.717) is 107 Å². The van der Waals surface area contributed by atoms with Gasteiger partial charge in [-0.05, 0) is 139 Å². The number of amides is 5. The first kappa shape index (κ1) is 80.6. The molecule has 2 heterocycles. The molecule has 0 unspecified atom stereocenters. The minimum atomic E-state index is -4.69. The monoisotopic (exact) mass is 1380 g/mol. The van der Waals surface area contributed by atoms with Gasteiger partial charge < -0.3 is 35.1 Å². The van der Waals surface area contributed by atoms with Gasteiger partial charge in [-0.1, -0.05) is 72.2 Å². The minimum absolute atomic E-state index is 0.00254. The minimum Gasteiger partial charge on any atom is -0.456 e. The molecule has 0 spiro atoms. The third-order valence-electron chi connectivity index (χ3n) is 17.8. The van der Waals surface area contributed by atoms with Gasteiger partial charge >= 0.3 is 0 Å². The zero-order valence-corrected chi connectivity index (χ0v) is 61.1. The van der Waals surface area contributed by atoms with Crippen molar-refractivity contribution < 1.29 is 64.2 Å². The molecule has 5 rings (SSSR count). The topological polar surface area (TPSA) is 287 Å². The van der Waals surface area contributed by atoms with Gasteiger partial charge in [0.05, 0.1) is 12.1 Å². The molecule has 23 heteroatoms. The number of unbranched alkanes of at least 4 members (excludes halogenated alkanes) is 4. The Labute approximate surface area is 576 Å². The van der Waals surface area contributed by atoms with Crippen molar-refractivity contribution in [2.45, 2.75) is 190 Å². The smallest absolute Gasteiger partial charge is 0.267 e. The maximum absolute atomic E-state index is 14.6. The fraction of sp³-hybridized carbons (Fsp3) is 0.608. The average Bonchev–Trinajstić information content (AvgIpc) is 0.745. The van der Waals surface area contributed by atoms with Crippen LogP contribution in [0.25, 0.3) is 33.4 Å². The van der Waals surface area contributed by atoms with Crippen LogP contribution >= 0.6 is 0 Å². The van der Waals surface area contributed by atoms with E-state index in [9.17, 15) is 59.7 Å². The molecule has 3 aliphatic rings. The molecule has 2 aliphatic heterocycles. The SMILES string of the molecule is CCN(CC)c1ccc2c(-c3ccccc3C(=O)N3CCN(C(=O)CCCCC(=O)N[C@@H](CS(=O)(=O)O)C(=O)NCCCCC(=O)CCCCCC(=O)C[C@@H](CC(C)C)C(=O)N[C@@H](CC(C)C)C(=O)C[C@H](/C=C/S(C)(=O)=O)CC(C)C)CC3)c3ccc(=[N+](CC)CC)cc-3oc2c1. The lowest BCUT2D eigenvalue weighted by Crippen LogP contribution is -2.50. The number of Topliss-reactive ketones (excluding diaryl/α,β-unsaturated/α-hetero) is 3. The molecule has 536 valence electrons. The van der Waals surface area contributed by atoms with Crippen molar-refractivity contribution >= 4 is 83.5 Å². The fourth-order valence-electron chi connectivity index (χ4n) is 12.8. The lowest BCUT2D eigenvalue weighted by molar-refractivity contribution is -0.133. The highest BCUT2D eigenvalue weighted by Gasteiger charge is 2.32. The number of carbonyl (C=O) groups is 8. The molecule has 21 nitrogen and oxygen atoms in total. The highest BCUT2D eigenvalue weighted by atomic mass is 32.2. The third kappa shape index (κ3) is 26.9. The van der Waals surface area contributed by atoms with Crippen LogP contribution in [0.1, 0.15) is 189 Å². The van der Waals surface area contributed by atoms with Gasteiger partial charge in [-0.3, -0.25) is 42.9 Å². The van der Waals surface area contributed by atoms with Crippen LogP contribution in [0.5, 0.6) is 0 Å². The Morgan fingerprint density at radius 3 is 1.87 bits per heavy atom. The number of piperazine rings is 1. The molecule has 2 aromatic carbocycles. The quantitative estimate of drug-likeness (QED) is 0.0139. The number of hydrogen-bond acceptors (Lipinski definition) is 14. The molecular formula is C74H110N7O14S2+. The molecule has 0 bridgehead atoms. The summed E-state index contributed by atoms with van der Waals surface area (Å²) < 4.78 is 66.2. The van der Waals surface area contributed by atoms with Crippen LogP contribution in [0.4, 0.5) is 5.69 Å². The summed E-state index contributed by atoms with van der Waals surface area (Å²) >= 11 is 0. The maximum atomic E-state index is 14.6. The van der Waals surface area contributed by atoms with Crippen molar-refractivity contribution in [1.82, 2.24) is 30.3 Å². The normalized spacial score (nSPS) is 14.3. The maximum Gasteiger partial charge on any atom is 0.267 e. The van der Waals surface area contributed by atoms with Gasteiger partial charge in [-0.2, -0.15) is 8.42 Å². The number of fused-ring (bicyclic) bond motifs is 2. The van der Waals surface area contributed by atoms with Crippen molar-refractivity contribution in [2.24, 2.45) is 29.6 Å². The molecule has 4 atom stereocenters. The predicted molar refractivity (Wildman–Crippen MR) is 383 cm³/mol. The Bertz CT molecular complexity index is 3620. The summed E-state index contributed by atoms with van der Waals surface area (Å²) in [6.07, 6.45) is 8.09. The molecule has 0 aromatic heterocycles. The zero-order valence-electron chi connectivity index (χ0n) is 59.4. The molecule has 5 amide bonds. The summed E-state index contributed by atoms with van der Waals surface area (Å²) in [6.45, 7) is 25.0. The second-order valence-corrected chi connectivity index (χ2v) is 30.7. The van der Waals surface area contributed by atoms with Gasteiger partial charge in [0.15, 0.2) is 15.6 Å². The number of hydrogen-bond donors (Lipinski definition) is 4. The molecular weight excluding hydrogens is 1270 g/mol. The largest absolute Gasteiger partial charge is 0.456 e. The number of rotatable bonds is 42. The molecule has 4 N–H and O–H groups in total. The number of sulfone groups is 1. The van der Waals surface area contributed by atoms with Crippen LogP contribution in [0.3, 0.4) is 0 Å². The standard InChI is InChI=1S/C74H109N7O14S2/c1-12-78(13-2)56-32-34-62-67(48-56)95-68-49-57(79(14-3)15-4)33-35-63(68)71(62)60-28-19-20-29-61(60)74(89)81-40-38-80(39-41-81)70(86)31-22-21-30-69(85)76-65(50-97(92,93)94)73(88)75-37-24-23-26-58(82)25-17-16-18-27-59(83)47-55(44-52(7)8)72(87)77-64(45-53(9)10)66(84)46-54(43-51(5)6)36-42-96(11,90)91/h19-20,28-29,32-36,42,48-49,51-55,64-65H,12-18,21-27,30-31,37-41,43-47,50H2,1-11H3,(H3-,75,76,77,85,87,88,92,93,94)/p+1/b42-36+/t54-,55-,64+,65+/m1/s1. The Hall–Kier alpha value is -7.11. The van der Waals surface area contributed by atoms with Gasteiger partial charge in [-0.25, -0.2) is 13.0 Å². The van der Waals surface area contributed by atoms with E-state index >= 15 is 0 Å². The first-order valence-electron chi connectivity index (χ1n) is 35.2. The number of nitrogens with zero attached hydrogens (tertiary/aromatic N) is 4. The second-order valence-electron chi connectivity index (χ2n) is 27.3. The van der Waals surface area contributed by atoms with Crippen LogP contribution < -0.4 is 30.8 Å². The number of anilines is 1. The van der Waals surface area contributed by atoms with Crippen LogP contribution in [0.15, 0.2) is 76.6 Å². The molecule has 1 aliphatic carbocycles. The first-order chi connectivity index (χ1) is 45.9.